The highest BCUT2D eigenvalue weighted by Crippen LogP contribution is 2.06. The Morgan fingerprint density at radius 2 is 1.35 bits per heavy atom. The molecule has 0 aliphatic heterocycles. The normalized spacial score (nSPS) is 11.1. The summed E-state index contributed by atoms with van der Waals surface area (Å²) in [6.45, 7) is 5.02. The fourth-order valence-electron chi connectivity index (χ4n) is 2.15. The molecule has 0 atom stereocenters. The van der Waals surface area contributed by atoms with Gasteiger partial charge in [-0.3, -0.25) is 0 Å². The minimum absolute atomic E-state index is 0.174. The Balaban J connectivity index is 3.27. The first-order valence-corrected chi connectivity index (χ1v) is 8.64. The van der Waals surface area contributed by atoms with Gasteiger partial charge in [-0.2, -0.15) is 0 Å². The fraction of sp³-hybridized carbons (Fsp3) is 0.833. The van der Waals surface area contributed by atoms with Crippen LogP contribution in [0.1, 0.15) is 90.9 Å². The van der Waals surface area contributed by atoms with Crippen LogP contribution in [-0.2, 0) is 9.53 Å². The third-order valence-electron chi connectivity index (χ3n) is 3.47. The molecule has 118 valence electrons. The summed E-state index contributed by atoms with van der Waals surface area (Å²) < 4.78 is 5.17. The molecule has 2 nitrogen and oxygen atoms in total. The van der Waals surface area contributed by atoms with Gasteiger partial charge in [-0.15, -0.1) is 0 Å². The second kappa shape index (κ2) is 16.3. The molecule has 0 saturated carbocycles. The van der Waals surface area contributed by atoms with E-state index in [0.29, 0.717) is 6.61 Å². The van der Waals surface area contributed by atoms with E-state index in [-0.39, 0.29) is 5.97 Å². The zero-order chi connectivity index (χ0) is 14.9. The maximum Gasteiger partial charge on any atom is 0.330 e. The largest absolute Gasteiger partial charge is 0.463 e. The molecule has 0 radical (unpaired) electrons. The Kier molecular flexibility index (Phi) is 15.6. The summed E-state index contributed by atoms with van der Waals surface area (Å²) in [5, 5.41) is 0. The van der Waals surface area contributed by atoms with Crippen LogP contribution in [0.15, 0.2) is 12.2 Å². The molecular weight excluding hydrogens is 248 g/mol. The summed E-state index contributed by atoms with van der Waals surface area (Å²) in [6.07, 6.45) is 18.3. The number of esters is 1. The second-order valence-corrected chi connectivity index (χ2v) is 5.54. The minimum Gasteiger partial charge on any atom is -0.463 e. The summed E-state index contributed by atoms with van der Waals surface area (Å²) >= 11 is 0. The Bertz CT molecular complexity index is 234. The molecule has 0 aromatic carbocycles. The first-order valence-electron chi connectivity index (χ1n) is 8.64. The molecular formula is C18H34O2. The highest BCUT2D eigenvalue weighted by Gasteiger charge is 1.96. The smallest absolute Gasteiger partial charge is 0.330 e. The molecule has 0 fully saturated rings. The van der Waals surface area contributed by atoms with E-state index < -0.39 is 0 Å². The van der Waals surface area contributed by atoms with E-state index in [0.717, 1.165) is 12.8 Å². The number of ether oxygens (including phenoxy) is 1. The van der Waals surface area contributed by atoms with E-state index >= 15 is 0 Å². The number of hydrogen-bond acceptors (Lipinski definition) is 2. The molecule has 0 amide bonds. The Labute approximate surface area is 126 Å². The van der Waals surface area contributed by atoms with E-state index in [1.165, 1.54) is 64.2 Å². The molecule has 2 heteroatoms. The van der Waals surface area contributed by atoms with E-state index in [4.69, 9.17) is 4.74 Å². The molecule has 0 aromatic rings. The Morgan fingerprint density at radius 1 is 0.800 bits per heavy atom. The van der Waals surface area contributed by atoms with Gasteiger partial charge in [-0.25, -0.2) is 4.79 Å². The lowest BCUT2D eigenvalue weighted by Gasteiger charge is -2.02. The number of carbonyl (C=O) groups is 1. The van der Waals surface area contributed by atoms with Crippen molar-refractivity contribution in [3.63, 3.8) is 0 Å². The quantitative estimate of drug-likeness (QED) is 0.228. The lowest BCUT2D eigenvalue weighted by Crippen LogP contribution is -2.02. The van der Waals surface area contributed by atoms with Crippen LogP contribution in [0.3, 0.4) is 0 Å². The summed E-state index contributed by atoms with van der Waals surface area (Å²) in [5.41, 5.74) is 0. The standard InChI is InChI=1S/C18H34O2/c1-3-5-7-9-11-12-14-16-18(19)20-17-15-13-10-8-6-4-2/h14,16H,3-13,15,17H2,1-2H3. The average molecular weight is 282 g/mol. The predicted molar refractivity (Wildman–Crippen MR) is 86.9 cm³/mol. The molecule has 0 aliphatic rings. The van der Waals surface area contributed by atoms with Gasteiger partial charge in [0.15, 0.2) is 0 Å². The first kappa shape index (κ1) is 19.2. The highest BCUT2D eigenvalue weighted by molar-refractivity contribution is 5.81. The van der Waals surface area contributed by atoms with Crippen LogP contribution < -0.4 is 0 Å². The van der Waals surface area contributed by atoms with Crippen molar-refractivity contribution in [1.82, 2.24) is 0 Å². The van der Waals surface area contributed by atoms with Crippen molar-refractivity contribution in [2.24, 2.45) is 0 Å². The van der Waals surface area contributed by atoms with Crippen molar-refractivity contribution in [2.45, 2.75) is 90.9 Å². The summed E-state index contributed by atoms with van der Waals surface area (Å²) in [5.74, 6) is -0.174. The van der Waals surface area contributed by atoms with Crippen LogP contribution in [0.5, 0.6) is 0 Å². The monoisotopic (exact) mass is 282 g/mol. The minimum atomic E-state index is -0.174. The molecule has 0 unspecified atom stereocenters. The van der Waals surface area contributed by atoms with Crippen LogP contribution in [0.4, 0.5) is 0 Å². The molecule has 0 saturated heterocycles. The van der Waals surface area contributed by atoms with Crippen molar-refractivity contribution in [1.29, 1.82) is 0 Å². The van der Waals surface area contributed by atoms with Gasteiger partial charge in [-0.1, -0.05) is 77.7 Å². The van der Waals surface area contributed by atoms with Crippen molar-refractivity contribution in [2.75, 3.05) is 6.61 Å². The molecule has 0 bridgehead atoms. The van der Waals surface area contributed by atoms with Gasteiger partial charge in [0.25, 0.3) is 0 Å². The first-order chi connectivity index (χ1) is 9.81. The van der Waals surface area contributed by atoms with Gasteiger partial charge < -0.3 is 4.74 Å². The summed E-state index contributed by atoms with van der Waals surface area (Å²) in [7, 11) is 0. The van der Waals surface area contributed by atoms with Crippen molar-refractivity contribution in [3.8, 4) is 0 Å². The van der Waals surface area contributed by atoms with Gasteiger partial charge >= 0.3 is 5.97 Å². The Morgan fingerprint density at radius 3 is 2.00 bits per heavy atom. The molecule has 0 aromatic heterocycles. The number of allylic oxidation sites excluding steroid dienone is 1. The van der Waals surface area contributed by atoms with Crippen molar-refractivity contribution < 1.29 is 9.53 Å². The molecule has 20 heavy (non-hydrogen) atoms. The molecule has 0 spiro atoms. The summed E-state index contributed by atoms with van der Waals surface area (Å²) in [4.78, 5) is 11.4. The summed E-state index contributed by atoms with van der Waals surface area (Å²) in [6, 6.07) is 0. The molecule has 0 rings (SSSR count). The van der Waals surface area contributed by atoms with Gasteiger partial charge in [0.05, 0.1) is 6.61 Å². The van der Waals surface area contributed by atoms with Crippen LogP contribution in [0, 0.1) is 0 Å². The van der Waals surface area contributed by atoms with Crippen molar-refractivity contribution in [3.05, 3.63) is 12.2 Å². The lowest BCUT2D eigenvalue weighted by molar-refractivity contribution is -0.137. The van der Waals surface area contributed by atoms with Gasteiger partial charge in [0, 0.05) is 6.08 Å². The SMILES string of the molecule is CCCCCCCC=CC(=O)OCCCCCCCC. The average Bonchev–Trinajstić information content (AvgIpc) is 2.45. The third-order valence-corrected chi connectivity index (χ3v) is 3.47. The Hall–Kier alpha value is -0.790. The van der Waals surface area contributed by atoms with E-state index in [1.807, 2.05) is 6.08 Å². The number of carbonyl (C=O) groups excluding carboxylic acids is 1. The van der Waals surface area contributed by atoms with Gasteiger partial charge in [0.2, 0.25) is 0 Å². The zero-order valence-corrected chi connectivity index (χ0v) is 13.7. The fourth-order valence-corrected chi connectivity index (χ4v) is 2.15. The molecule has 0 heterocycles. The number of rotatable bonds is 14. The lowest BCUT2D eigenvalue weighted by atomic mass is 10.1. The maximum absolute atomic E-state index is 11.4. The van der Waals surface area contributed by atoms with Gasteiger partial charge in [-0.05, 0) is 19.3 Å². The second-order valence-electron chi connectivity index (χ2n) is 5.54. The number of hydrogen-bond donors (Lipinski definition) is 0. The van der Waals surface area contributed by atoms with Crippen LogP contribution >= 0.6 is 0 Å². The van der Waals surface area contributed by atoms with Gasteiger partial charge in [0.1, 0.15) is 0 Å². The molecule has 0 aliphatic carbocycles. The van der Waals surface area contributed by atoms with E-state index in [2.05, 4.69) is 13.8 Å². The number of unbranched alkanes of at least 4 members (excludes halogenated alkanes) is 10. The zero-order valence-electron chi connectivity index (χ0n) is 13.7. The maximum atomic E-state index is 11.4. The highest BCUT2D eigenvalue weighted by atomic mass is 16.5. The third kappa shape index (κ3) is 15.3. The van der Waals surface area contributed by atoms with Crippen molar-refractivity contribution >= 4 is 5.97 Å². The van der Waals surface area contributed by atoms with E-state index in [9.17, 15) is 4.79 Å². The van der Waals surface area contributed by atoms with Crippen LogP contribution in [-0.4, -0.2) is 12.6 Å². The van der Waals surface area contributed by atoms with Crippen LogP contribution in [0.25, 0.3) is 0 Å². The predicted octanol–water partition coefficient (Wildman–Crippen LogP) is 5.81. The van der Waals surface area contributed by atoms with Crippen LogP contribution in [0.2, 0.25) is 0 Å². The molecule has 0 N–H and O–H groups in total. The van der Waals surface area contributed by atoms with E-state index in [1.54, 1.807) is 6.08 Å². The topological polar surface area (TPSA) is 26.3 Å².